The van der Waals surface area contributed by atoms with Crippen LogP contribution in [0.4, 0.5) is 14.9 Å². The van der Waals surface area contributed by atoms with Gasteiger partial charge >= 0.3 is 12.0 Å². The summed E-state index contributed by atoms with van der Waals surface area (Å²) in [7, 11) is 0. The largest absolute Gasteiger partial charge is 0.481 e. The first kappa shape index (κ1) is 16.4. The quantitative estimate of drug-likeness (QED) is 0.738. The van der Waals surface area contributed by atoms with Gasteiger partial charge in [-0.05, 0) is 38.0 Å². The molecule has 0 radical (unpaired) electrons. The van der Waals surface area contributed by atoms with Crippen LogP contribution in [0.15, 0.2) is 22.7 Å². The van der Waals surface area contributed by atoms with Gasteiger partial charge in [-0.25, -0.2) is 9.18 Å². The Morgan fingerprint density at radius 1 is 1.45 bits per heavy atom. The maximum atomic E-state index is 13.4. The van der Waals surface area contributed by atoms with E-state index in [1.807, 2.05) is 0 Å². The predicted octanol–water partition coefficient (Wildman–Crippen LogP) is 3.35. The van der Waals surface area contributed by atoms with E-state index in [4.69, 9.17) is 5.11 Å². The number of amides is 2. The molecule has 1 rings (SSSR count). The third-order valence-corrected chi connectivity index (χ3v) is 3.08. The molecule has 0 saturated heterocycles. The molecule has 0 aliphatic carbocycles. The van der Waals surface area contributed by atoms with E-state index in [9.17, 15) is 14.0 Å². The average Bonchev–Trinajstić information content (AvgIpc) is 2.33. The zero-order chi connectivity index (χ0) is 15.1. The van der Waals surface area contributed by atoms with E-state index in [-0.39, 0.29) is 18.2 Å². The number of carbonyl (C=O) groups excluding carboxylic acids is 1. The number of hydrogen-bond donors (Lipinski definition) is 3. The van der Waals surface area contributed by atoms with Crippen molar-refractivity contribution in [3.8, 4) is 0 Å². The van der Waals surface area contributed by atoms with Gasteiger partial charge in [0.15, 0.2) is 0 Å². The topological polar surface area (TPSA) is 78.4 Å². The normalized spacial score (nSPS) is 11.8. The van der Waals surface area contributed by atoms with Gasteiger partial charge in [0.05, 0.1) is 5.69 Å². The number of hydrogen-bond acceptors (Lipinski definition) is 2. The van der Waals surface area contributed by atoms with Gasteiger partial charge in [-0.3, -0.25) is 4.79 Å². The Bertz CT molecular complexity index is 497. The van der Waals surface area contributed by atoms with Crippen LogP contribution in [0.2, 0.25) is 0 Å². The van der Waals surface area contributed by atoms with Crippen LogP contribution >= 0.6 is 15.9 Å². The van der Waals surface area contributed by atoms with Crippen LogP contribution in [0.25, 0.3) is 0 Å². The summed E-state index contributed by atoms with van der Waals surface area (Å²) in [6.45, 7) is 1.76. The third kappa shape index (κ3) is 6.01. The summed E-state index contributed by atoms with van der Waals surface area (Å²) in [6, 6.07) is 3.53. The van der Waals surface area contributed by atoms with E-state index in [1.54, 1.807) is 6.92 Å². The molecule has 0 bridgehead atoms. The molecule has 5 nitrogen and oxygen atoms in total. The first-order valence-electron chi connectivity index (χ1n) is 6.13. The highest BCUT2D eigenvalue weighted by Crippen LogP contribution is 2.19. The fourth-order valence-corrected chi connectivity index (χ4v) is 1.97. The lowest BCUT2D eigenvalue weighted by Crippen LogP contribution is -2.36. The van der Waals surface area contributed by atoms with Gasteiger partial charge in [-0.2, -0.15) is 0 Å². The van der Waals surface area contributed by atoms with E-state index >= 15 is 0 Å². The number of carbonyl (C=O) groups is 2. The van der Waals surface area contributed by atoms with E-state index in [0.29, 0.717) is 17.3 Å². The highest BCUT2D eigenvalue weighted by Gasteiger charge is 2.10. The molecule has 1 unspecified atom stereocenters. The Labute approximate surface area is 124 Å². The van der Waals surface area contributed by atoms with Crippen molar-refractivity contribution in [1.29, 1.82) is 0 Å². The van der Waals surface area contributed by atoms with Crippen molar-refractivity contribution in [3.63, 3.8) is 0 Å². The smallest absolute Gasteiger partial charge is 0.319 e. The molecule has 20 heavy (non-hydrogen) atoms. The van der Waals surface area contributed by atoms with Crippen LogP contribution in [-0.2, 0) is 4.79 Å². The monoisotopic (exact) mass is 346 g/mol. The van der Waals surface area contributed by atoms with Gasteiger partial charge in [0, 0.05) is 16.9 Å². The summed E-state index contributed by atoms with van der Waals surface area (Å²) >= 11 is 3.19. The molecule has 7 heteroatoms. The van der Waals surface area contributed by atoms with Crippen molar-refractivity contribution in [2.24, 2.45) is 0 Å². The summed E-state index contributed by atoms with van der Waals surface area (Å²) < 4.78 is 14.1. The lowest BCUT2D eigenvalue weighted by Gasteiger charge is -2.14. The summed E-state index contributed by atoms with van der Waals surface area (Å²) in [5.74, 6) is -1.39. The van der Waals surface area contributed by atoms with Crippen molar-refractivity contribution in [2.45, 2.75) is 32.2 Å². The van der Waals surface area contributed by atoms with Crippen LogP contribution in [0.1, 0.15) is 26.2 Å². The Morgan fingerprint density at radius 2 is 2.15 bits per heavy atom. The number of carboxylic acids is 1. The van der Waals surface area contributed by atoms with E-state index in [1.165, 1.54) is 18.2 Å². The molecule has 1 atom stereocenters. The van der Waals surface area contributed by atoms with Gasteiger partial charge in [-0.15, -0.1) is 0 Å². The molecule has 0 aliphatic heterocycles. The van der Waals surface area contributed by atoms with Crippen LogP contribution in [0.5, 0.6) is 0 Å². The molecule has 110 valence electrons. The molecule has 0 fully saturated rings. The van der Waals surface area contributed by atoms with Gasteiger partial charge in [0.25, 0.3) is 0 Å². The minimum absolute atomic E-state index is 0.0634. The SMILES string of the molecule is CC(CCCC(=O)O)NC(=O)Nc1cc(Br)ccc1F. The number of anilines is 1. The van der Waals surface area contributed by atoms with E-state index < -0.39 is 17.8 Å². The van der Waals surface area contributed by atoms with Crippen molar-refractivity contribution in [2.75, 3.05) is 5.32 Å². The summed E-state index contributed by atoms with van der Waals surface area (Å²) in [4.78, 5) is 22.0. The number of nitrogens with one attached hydrogen (secondary N) is 2. The van der Waals surface area contributed by atoms with Crippen LogP contribution < -0.4 is 10.6 Å². The first-order chi connectivity index (χ1) is 9.38. The number of urea groups is 1. The number of benzene rings is 1. The second kappa shape index (κ2) is 7.84. The third-order valence-electron chi connectivity index (χ3n) is 2.58. The second-order valence-electron chi connectivity index (χ2n) is 4.41. The number of aliphatic carboxylic acids is 1. The molecule has 3 N–H and O–H groups in total. The number of halogens is 2. The van der Waals surface area contributed by atoms with Crippen molar-refractivity contribution in [3.05, 3.63) is 28.5 Å². The average molecular weight is 347 g/mol. The zero-order valence-corrected chi connectivity index (χ0v) is 12.5. The minimum atomic E-state index is -0.863. The van der Waals surface area contributed by atoms with Crippen molar-refractivity contribution >= 4 is 33.6 Å². The van der Waals surface area contributed by atoms with Gasteiger partial charge in [-0.1, -0.05) is 15.9 Å². The standard InChI is InChI=1S/C13H16BrFN2O3/c1-8(3-2-4-12(18)19)16-13(20)17-11-7-9(14)5-6-10(11)15/h5-8H,2-4H2,1H3,(H,18,19)(H2,16,17,20). The van der Waals surface area contributed by atoms with Crippen LogP contribution in [-0.4, -0.2) is 23.1 Å². The molecule has 0 aromatic heterocycles. The van der Waals surface area contributed by atoms with Crippen molar-refractivity contribution in [1.82, 2.24) is 5.32 Å². The Morgan fingerprint density at radius 3 is 2.80 bits per heavy atom. The molecular formula is C13H16BrFN2O3. The molecule has 1 aromatic carbocycles. The molecule has 0 spiro atoms. The summed E-state index contributed by atoms with van der Waals surface area (Å²) in [5, 5.41) is 13.5. The molecule has 1 aromatic rings. The second-order valence-corrected chi connectivity index (χ2v) is 5.33. The molecule has 0 aliphatic rings. The minimum Gasteiger partial charge on any atom is -0.481 e. The van der Waals surface area contributed by atoms with Crippen LogP contribution in [0, 0.1) is 5.82 Å². The van der Waals surface area contributed by atoms with Gasteiger partial charge in [0.1, 0.15) is 5.82 Å². The Hall–Kier alpha value is -1.63. The molecule has 2 amide bonds. The maximum absolute atomic E-state index is 13.4. The summed E-state index contributed by atoms with van der Waals surface area (Å²) in [5.41, 5.74) is 0.0783. The first-order valence-corrected chi connectivity index (χ1v) is 6.92. The van der Waals surface area contributed by atoms with E-state index in [0.717, 1.165) is 0 Å². The lowest BCUT2D eigenvalue weighted by atomic mass is 10.1. The Balaban J connectivity index is 2.43. The lowest BCUT2D eigenvalue weighted by molar-refractivity contribution is -0.137. The highest BCUT2D eigenvalue weighted by atomic mass is 79.9. The predicted molar refractivity (Wildman–Crippen MR) is 77.2 cm³/mol. The maximum Gasteiger partial charge on any atom is 0.319 e. The fraction of sp³-hybridized carbons (Fsp3) is 0.385. The van der Waals surface area contributed by atoms with Crippen LogP contribution in [0.3, 0.4) is 0 Å². The fourth-order valence-electron chi connectivity index (χ4n) is 1.61. The van der Waals surface area contributed by atoms with Gasteiger partial charge < -0.3 is 15.7 Å². The molecular weight excluding hydrogens is 331 g/mol. The van der Waals surface area contributed by atoms with Crippen molar-refractivity contribution < 1.29 is 19.1 Å². The number of carboxylic acid groups (broad SMARTS) is 1. The highest BCUT2D eigenvalue weighted by molar-refractivity contribution is 9.10. The summed E-state index contributed by atoms with van der Waals surface area (Å²) in [6.07, 6.45) is 1.08. The molecule has 0 heterocycles. The van der Waals surface area contributed by atoms with E-state index in [2.05, 4.69) is 26.6 Å². The Kier molecular flexibility index (Phi) is 6.44. The number of rotatable bonds is 6. The zero-order valence-electron chi connectivity index (χ0n) is 11.0. The molecule has 0 saturated carbocycles. The van der Waals surface area contributed by atoms with Gasteiger partial charge in [0.2, 0.25) is 0 Å².